The first kappa shape index (κ1) is 13.8. The first-order valence-corrected chi connectivity index (χ1v) is 6.64. The van der Waals surface area contributed by atoms with Crippen LogP contribution in [0.4, 0.5) is 4.79 Å². The number of alkyl carbamates (subject to hydrolysis) is 1. The van der Waals surface area contributed by atoms with Crippen molar-refractivity contribution < 1.29 is 14.3 Å². The van der Waals surface area contributed by atoms with E-state index in [4.69, 9.17) is 0 Å². The van der Waals surface area contributed by atoms with Crippen LogP contribution < -0.4 is 5.32 Å². The summed E-state index contributed by atoms with van der Waals surface area (Å²) in [7, 11) is 1.32. The van der Waals surface area contributed by atoms with Crippen LogP contribution in [0, 0.1) is 0 Å². The molecular formula is C12H14BrN3O3. The van der Waals surface area contributed by atoms with E-state index in [1.807, 2.05) is 0 Å². The third kappa shape index (κ3) is 3.44. The molecule has 0 saturated carbocycles. The third-order valence-electron chi connectivity index (χ3n) is 2.96. The second-order valence-corrected chi connectivity index (χ2v) is 5.05. The van der Waals surface area contributed by atoms with Gasteiger partial charge >= 0.3 is 6.09 Å². The molecule has 2 amide bonds. The van der Waals surface area contributed by atoms with Gasteiger partial charge in [-0.1, -0.05) is 0 Å². The quantitative estimate of drug-likeness (QED) is 0.834. The average Bonchev–Trinajstić information content (AvgIpc) is 2.87. The molecule has 2 rings (SSSR count). The summed E-state index contributed by atoms with van der Waals surface area (Å²) in [5.41, 5.74) is 0.543. The van der Waals surface area contributed by atoms with Crippen LogP contribution in [0.3, 0.4) is 0 Å². The molecule has 6 nitrogen and oxygen atoms in total. The first-order chi connectivity index (χ1) is 9.10. The summed E-state index contributed by atoms with van der Waals surface area (Å²) in [5, 5.41) is 2.70. The van der Waals surface area contributed by atoms with Gasteiger partial charge in [0.2, 0.25) is 0 Å². The molecule has 102 valence electrons. The van der Waals surface area contributed by atoms with Crippen LogP contribution in [0.25, 0.3) is 0 Å². The maximum absolute atomic E-state index is 12.2. The highest BCUT2D eigenvalue weighted by Crippen LogP contribution is 2.14. The topological polar surface area (TPSA) is 71.5 Å². The van der Waals surface area contributed by atoms with E-state index < -0.39 is 6.09 Å². The minimum Gasteiger partial charge on any atom is -0.453 e. The Morgan fingerprint density at radius 2 is 2.32 bits per heavy atom. The second-order valence-electron chi connectivity index (χ2n) is 4.24. The van der Waals surface area contributed by atoms with E-state index in [9.17, 15) is 9.59 Å². The van der Waals surface area contributed by atoms with Crippen LogP contribution in [0.15, 0.2) is 22.9 Å². The molecule has 0 radical (unpaired) electrons. The molecule has 2 heterocycles. The van der Waals surface area contributed by atoms with Crippen molar-refractivity contribution in [3.05, 3.63) is 28.5 Å². The first-order valence-electron chi connectivity index (χ1n) is 5.85. The summed E-state index contributed by atoms with van der Waals surface area (Å²) in [6.07, 6.45) is 1.79. The number of rotatable bonds is 2. The molecule has 1 N–H and O–H groups in total. The summed E-state index contributed by atoms with van der Waals surface area (Å²) in [6, 6.07) is 3.40. The van der Waals surface area contributed by atoms with Crippen molar-refractivity contribution in [1.29, 1.82) is 0 Å². The third-order valence-corrected chi connectivity index (χ3v) is 3.43. The van der Waals surface area contributed by atoms with E-state index in [0.29, 0.717) is 23.3 Å². The maximum atomic E-state index is 12.2. The zero-order chi connectivity index (χ0) is 13.8. The van der Waals surface area contributed by atoms with Crippen molar-refractivity contribution in [2.45, 2.75) is 12.5 Å². The lowest BCUT2D eigenvalue weighted by atomic mass is 10.2. The number of carbonyl (C=O) groups excluding carboxylic acids is 2. The summed E-state index contributed by atoms with van der Waals surface area (Å²) < 4.78 is 5.23. The summed E-state index contributed by atoms with van der Waals surface area (Å²) >= 11 is 3.23. The van der Waals surface area contributed by atoms with Gasteiger partial charge in [0.15, 0.2) is 0 Å². The van der Waals surface area contributed by atoms with Gasteiger partial charge in [0.05, 0.1) is 18.7 Å². The number of ether oxygens (including phenoxy) is 1. The largest absolute Gasteiger partial charge is 0.453 e. The Hall–Kier alpha value is -1.63. The lowest BCUT2D eigenvalue weighted by molar-refractivity contribution is 0.0787. The number of pyridine rings is 1. The minimum absolute atomic E-state index is 0.0557. The SMILES string of the molecule is COC(=O)NC1CCN(C(=O)c2ccc(Br)nc2)C1. The van der Waals surface area contributed by atoms with Crippen LogP contribution in [0.1, 0.15) is 16.8 Å². The molecule has 0 spiro atoms. The van der Waals surface area contributed by atoms with Crippen LogP contribution in [-0.2, 0) is 4.74 Å². The van der Waals surface area contributed by atoms with E-state index >= 15 is 0 Å². The second kappa shape index (κ2) is 6.01. The lowest BCUT2D eigenvalue weighted by Crippen LogP contribution is -2.38. The molecule has 1 aromatic heterocycles. The van der Waals surface area contributed by atoms with E-state index in [-0.39, 0.29) is 11.9 Å². The summed E-state index contributed by atoms with van der Waals surface area (Å²) in [4.78, 5) is 29.0. The highest BCUT2D eigenvalue weighted by atomic mass is 79.9. The highest BCUT2D eigenvalue weighted by Gasteiger charge is 2.28. The Labute approximate surface area is 119 Å². The molecule has 0 bridgehead atoms. The van der Waals surface area contributed by atoms with E-state index in [1.54, 1.807) is 17.0 Å². The minimum atomic E-state index is -0.468. The molecule has 0 aromatic carbocycles. The molecule has 7 heteroatoms. The van der Waals surface area contributed by atoms with Crippen LogP contribution in [-0.4, -0.2) is 48.1 Å². The van der Waals surface area contributed by atoms with Gasteiger partial charge in [-0.3, -0.25) is 4.79 Å². The molecule has 0 aliphatic carbocycles. The molecule has 1 aromatic rings. The monoisotopic (exact) mass is 327 g/mol. The average molecular weight is 328 g/mol. The van der Waals surface area contributed by atoms with Crippen molar-refractivity contribution in [2.75, 3.05) is 20.2 Å². The van der Waals surface area contributed by atoms with Gasteiger partial charge in [-0.2, -0.15) is 0 Å². The predicted octanol–water partition coefficient (Wildman–Crippen LogP) is 1.41. The van der Waals surface area contributed by atoms with Gasteiger partial charge in [0.25, 0.3) is 5.91 Å². The van der Waals surface area contributed by atoms with Crippen molar-refractivity contribution in [2.24, 2.45) is 0 Å². The van der Waals surface area contributed by atoms with Crippen molar-refractivity contribution in [1.82, 2.24) is 15.2 Å². The number of carbonyl (C=O) groups is 2. The van der Waals surface area contributed by atoms with Gasteiger partial charge in [-0.05, 0) is 34.5 Å². The predicted molar refractivity (Wildman–Crippen MR) is 71.8 cm³/mol. The summed E-state index contributed by atoms with van der Waals surface area (Å²) in [5.74, 6) is -0.0748. The fourth-order valence-electron chi connectivity index (χ4n) is 1.97. The Morgan fingerprint density at radius 3 is 2.95 bits per heavy atom. The normalized spacial score (nSPS) is 18.2. The number of nitrogens with one attached hydrogen (secondary N) is 1. The number of likely N-dealkylation sites (tertiary alicyclic amines) is 1. The maximum Gasteiger partial charge on any atom is 0.407 e. The van der Waals surface area contributed by atoms with Crippen molar-refractivity contribution >= 4 is 27.9 Å². The van der Waals surface area contributed by atoms with Crippen LogP contribution >= 0.6 is 15.9 Å². The zero-order valence-electron chi connectivity index (χ0n) is 10.4. The van der Waals surface area contributed by atoms with Gasteiger partial charge in [-0.15, -0.1) is 0 Å². The molecule has 1 atom stereocenters. The highest BCUT2D eigenvalue weighted by molar-refractivity contribution is 9.10. The van der Waals surface area contributed by atoms with E-state index in [1.165, 1.54) is 13.3 Å². The van der Waals surface area contributed by atoms with Gasteiger partial charge in [0, 0.05) is 19.3 Å². The number of hydrogen-bond acceptors (Lipinski definition) is 4. The van der Waals surface area contributed by atoms with Gasteiger partial charge < -0.3 is 15.0 Å². The fraction of sp³-hybridized carbons (Fsp3) is 0.417. The standard InChI is InChI=1S/C12H14BrN3O3/c1-19-12(18)15-9-4-5-16(7-9)11(17)8-2-3-10(13)14-6-8/h2-3,6,9H,4-5,7H2,1H3,(H,15,18). The Bertz CT molecular complexity index is 478. The molecule has 1 saturated heterocycles. The number of aromatic nitrogens is 1. The number of hydrogen-bond donors (Lipinski definition) is 1. The molecule has 19 heavy (non-hydrogen) atoms. The Balaban J connectivity index is 1.95. The number of halogens is 1. The van der Waals surface area contributed by atoms with Crippen LogP contribution in [0.2, 0.25) is 0 Å². The summed E-state index contributed by atoms with van der Waals surface area (Å²) in [6.45, 7) is 1.10. The Morgan fingerprint density at radius 1 is 1.53 bits per heavy atom. The number of amides is 2. The van der Waals surface area contributed by atoms with Gasteiger partial charge in [0.1, 0.15) is 4.60 Å². The van der Waals surface area contributed by atoms with Gasteiger partial charge in [-0.25, -0.2) is 9.78 Å². The smallest absolute Gasteiger partial charge is 0.407 e. The molecule has 1 fully saturated rings. The zero-order valence-corrected chi connectivity index (χ0v) is 12.0. The number of nitrogens with zero attached hydrogens (tertiary/aromatic N) is 2. The van der Waals surface area contributed by atoms with Crippen LogP contribution in [0.5, 0.6) is 0 Å². The van der Waals surface area contributed by atoms with Crippen molar-refractivity contribution in [3.63, 3.8) is 0 Å². The van der Waals surface area contributed by atoms with E-state index in [0.717, 1.165) is 6.42 Å². The lowest BCUT2D eigenvalue weighted by Gasteiger charge is -2.16. The molecule has 1 aliphatic rings. The fourth-order valence-corrected chi connectivity index (χ4v) is 2.21. The molecular weight excluding hydrogens is 314 g/mol. The Kier molecular flexibility index (Phi) is 4.36. The molecule has 1 unspecified atom stereocenters. The van der Waals surface area contributed by atoms with Crippen molar-refractivity contribution in [3.8, 4) is 0 Å². The molecule has 1 aliphatic heterocycles. The number of methoxy groups -OCH3 is 1. The van der Waals surface area contributed by atoms with E-state index in [2.05, 4.69) is 31.0 Å².